The van der Waals surface area contributed by atoms with Crippen LogP contribution in [-0.4, -0.2) is 4.98 Å². The first-order valence-corrected chi connectivity index (χ1v) is 6.63. The molecule has 0 amide bonds. The summed E-state index contributed by atoms with van der Waals surface area (Å²) in [4.78, 5) is 4.87. The zero-order valence-electron chi connectivity index (χ0n) is 8.96. The summed E-state index contributed by atoms with van der Waals surface area (Å²) in [6.07, 6.45) is -3.20. The molecule has 0 bridgehead atoms. The number of pyridine rings is 1. The Balaban J connectivity index is 2.09. The molecule has 2 aromatic rings. The first kappa shape index (κ1) is 13.4. The van der Waals surface area contributed by atoms with Gasteiger partial charge < -0.3 is 5.32 Å². The van der Waals surface area contributed by atoms with Crippen molar-refractivity contribution in [1.82, 2.24) is 4.98 Å². The van der Waals surface area contributed by atoms with Gasteiger partial charge in [0.1, 0.15) is 5.82 Å². The van der Waals surface area contributed by atoms with E-state index in [-0.39, 0.29) is 5.82 Å². The molecule has 96 valence electrons. The largest absolute Gasteiger partial charge is 0.416 e. The smallest absolute Gasteiger partial charge is 0.365 e. The van der Waals surface area contributed by atoms with Crippen LogP contribution < -0.4 is 5.32 Å². The maximum absolute atomic E-state index is 12.5. The van der Waals surface area contributed by atoms with Crippen LogP contribution in [0.2, 0.25) is 0 Å². The topological polar surface area (TPSA) is 24.9 Å². The third-order valence-corrected chi connectivity index (χ3v) is 4.13. The molecule has 0 aliphatic carbocycles. The standard InChI is InChI=1S/C11H8BrF3N2S/c12-8-2-4-18-9(8)6-17-10-5-7(1-3-16-10)11(13,14)15/h1-5H,6H2,(H,16,17). The average molecular weight is 337 g/mol. The summed E-state index contributed by atoms with van der Waals surface area (Å²) in [6.45, 7) is 0.437. The van der Waals surface area contributed by atoms with E-state index in [1.165, 1.54) is 11.3 Å². The number of aromatic nitrogens is 1. The van der Waals surface area contributed by atoms with Gasteiger partial charge in [-0.3, -0.25) is 0 Å². The number of nitrogens with one attached hydrogen (secondary N) is 1. The molecule has 0 aliphatic rings. The monoisotopic (exact) mass is 336 g/mol. The zero-order chi connectivity index (χ0) is 13.2. The van der Waals surface area contributed by atoms with Crippen molar-refractivity contribution in [2.75, 3.05) is 5.32 Å². The van der Waals surface area contributed by atoms with E-state index < -0.39 is 11.7 Å². The van der Waals surface area contributed by atoms with E-state index in [0.717, 1.165) is 27.7 Å². The lowest BCUT2D eigenvalue weighted by Gasteiger charge is -2.09. The van der Waals surface area contributed by atoms with Gasteiger partial charge >= 0.3 is 6.18 Å². The number of alkyl halides is 3. The summed E-state index contributed by atoms with van der Waals surface area (Å²) >= 11 is 4.88. The van der Waals surface area contributed by atoms with Crippen LogP contribution in [0.1, 0.15) is 10.4 Å². The number of rotatable bonds is 3. The number of hydrogen-bond donors (Lipinski definition) is 1. The number of hydrogen-bond acceptors (Lipinski definition) is 3. The van der Waals surface area contributed by atoms with Crippen LogP contribution in [0.15, 0.2) is 34.2 Å². The van der Waals surface area contributed by atoms with Gasteiger partial charge in [0.2, 0.25) is 0 Å². The first-order chi connectivity index (χ1) is 8.47. The van der Waals surface area contributed by atoms with Crippen LogP contribution in [0, 0.1) is 0 Å². The van der Waals surface area contributed by atoms with Gasteiger partial charge in [-0.2, -0.15) is 13.2 Å². The molecule has 1 N–H and O–H groups in total. The summed E-state index contributed by atoms with van der Waals surface area (Å²) < 4.78 is 38.4. The van der Waals surface area contributed by atoms with Crippen molar-refractivity contribution in [3.63, 3.8) is 0 Å². The van der Waals surface area contributed by atoms with Crippen LogP contribution in [0.5, 0.6) is 0 Å². The Morgan fingerprint density at radius 2 is 2.11 bits per heavy atom. The third kappa shape index (κ3) is 3.23. The van der Waals surface area contributed by atoms with Gasteiger partial charge in [0.25, 0.3) is 0 Å². The fourth-order valence-electron chi connectivity index (χ4n) is 1.33. The van der Waals surface area contributed by atoms with Crippen molar-refractivity contribution in [3.05, 3.63) is 44.7 Å². The molecule has 0 atom stereocenters. The van der Waals surface area contributed by atoms with Crippen molar-refractivity contribution < 1.29 is 13.2 Å². The Hall–Kier alpha value is -1.08. The fraction of sp³-hybridized carbons (Fsp3) is 0.182. The lowest BCUT2D eigenvalue weighted by Crippen LogP contribution is -2.07. The van der Waals surface area contributed by atoms with Crippen LogP contribution in [0.3, 0.4) is 0 Å². The van der Waals surface area contributed by atoms with Gasteiger partial charge in [0.05, 0.1) is 12.1 Å². The average Bonchev–Trinajstić information content (AvgIpc) is 2.72. The molecule has 0 unspecified atom stereocenters. The molecular weight excluding hydrogens is 329 g/mol. The Labute approximate surface area is 114 Å². The minimum Gasteiger partial charge on any atom is -0.365 e. The van der Waals surface area contributed by atoms with Gasteiger partial charge in [-0.1, -0.05) is 0 Å². The molecule has 0 fully saturated rings. The fourth-order valence-corrected chi connectivity index (χ4v) is 2.76. The molecule has 2 nitrogen and oxygen atoms in total. The van der Waals surface area contributed by atoms with Gasteiger partial charge in [0.15, 0.2) is 0 Å². The van der Waals surface area contributed by atoms with E-state index in [4.69, 9.17) is 0 Å². The molecule has 0 spiro atoms. The molecular formula is C11H8BrF3N2S. The van der Waals surface area contributed by atoms with Crippen LogP contribution in [-0.2, 0) is 12.7 Å². The van der Waals surface area contributed by atoms with E-state index in [2.05, 4.69) is 26.2 Å². The zero-order valence-corrected chi connectivity index (χ0v) is 11.4. The van der Waals surface area contributed by atoms with Gasteiger partial charge in [-0.05, 0) is 39.5 Å². The van der Waals surface area contributed by atoms with Crippen molar-refractivity contribution in [1.29, 1.82) is 0 Å². The van der Waals surface area contributed by atoms with Gasteiger partial charge in [-0.15, -0.1) is 11.3 Å². The van der Waals surface area contributed by atoms with E-state index in [0.29, 0.717) is 6.54 Å². The number of anilines is 1. The summed E-state index contributed by atoms with van der Waals surface area (Å²) in [6, 6.07) is 3.84. The number of nitrogens with zero attached hydrogens (tertiary/aromatic N) is 1. The molecule has 2 heterocycles. The second-order valence-corrected chi connectivity index (χ2v) is 5.33. The predicted octanol–water partition coefficient (Wildman–Crippen LogP) is 4.54. The maximum atomic E-state index is 12.5. The molecule has 0 aromatic carbocycles. The SMILES string of the molecule is FC(F)(F)c1ccnc(NCc2sccc2Br)c1. The molecule has 18 heavy (non-hydrogen) atoms. The Morgan fingerprint density at radius 1 is 1.33 bits per heavy atom. The normalized spacial score (nSPS) is 11.6. The number of halogens is 4. The van der Waals surface area contributed by atoms with E-state index in [9.17, 15) is 13.2 Å². The Bertz CT molecular complexity index is 539. The molecule has 2 rings (SSSR count). The first-order valence-electron chi connectivity index (χ1n) is 4.96. The molecule has 0 saturated heterocycles. The highest BCUT2D eigenvalue weighted by Gasteiger charge is 2.30. The van der Waals surface area contributed by atoms with Crippen molar-refractivity contribution >= 4 is 33.1 Å². The molecule has 0 radical (unpaired) electrons. The minimum absolute atomic E-state index is 0.213. The molecule has 0 saturated carbocycles. The highest BCUT2D eigenvalue weighted by atomic mass is 79.9. The Morgan fingerprint density at radius 3 is 2.72 bits per heavy atom. The van der Waals surface area contributed by atoms with Crippen LogP contribution in [0.25, 0.3) is 0 Å². The van der Waals surface area contributed by atoms with Crippen molar-refractivity contribution in [2.45, 2.75) is 12.7 Å². The van der Waals surface area contributed by atoms with Crippen molar-refractivity contribution in [2.24, 2.45) is 0 Å². The molecule has 7 heteroatoms. The second kappa shape index (κ2) is 5.27. The van der Waals surface area contributed by atoms with Crippen LogP contribution >= 0.6 is 27.3 Å². The van der Waals surface area contributed by atoms with E-state index >= 15 is 0 Å². The lowest BCUT2D eigenvalue weighted by atomic mass is 10.2. The predicted molar refractivity (Wildman–Crippen MR) is 68.6 cm³/mol. The maximum Gasteiger partial charge on any atom is 0.416 e. The van der Waals surface area contributed by atoms with Gasteiger partial charge in [0, 0.05) is 15.5 Å². The summed E-state index contributed by atoms with van der Waals surface area (Å²) in [7, 11) is 0. The second-order valence-electron chi connectivity index (χ2n) is 3.47. The molecule has 2 aromatic heterocycles. The summed E-state index contributed by atoms with van der Waals surface area (Å²) in [5, 5.41) is 4.77. The summed E-state index contributed by atoms with van der Waals surface area (Å²) in [5.74, 6) is 0.213. The van der Waals surface area contributed by atoms with E-state index in [1.54, 1.807) is 0 Å². The minimum atomic E-state index is -4.34. The quantitative estimate of drug-likeness (QED) is 0.890. The lowest BCUT2D eigenvalue weighted by molar-refractivity contribution is -0.137. The summed E-state index contributed by atoms with van der Waals surface area (Å²) in [5.41, 5.74) is -0.703. The van der Waals surface area contributed by atoms with Crippen molar-refractivity contribution in [3.8, 4) is 0 Å². The number of thiophene rings is 1. The highest BCUT2D eigenvalue weighted by Crippen LogP contribution is 2.30. The third-order valence-electron chi connectivity index (χ3n) is 2.21. The Kier molecular flexibility index (Phi) is 3.91. The van der Waals surface area contributed by atoms with Gasteiger partial charge in [-0.25, -0.2) is 4.98 Å². The van der Waals surface area contributed by atoms with Crippen LogP contribution in [0.4, 0.5) is 19.0 Å². The molecule has 0 aliphatic heterocycles. The highest BCUT2D eigenvalue weighted by molar-refractivity contribution is 9.10. The van der Waals surface area contributed by atoms with E-state index in [1.807, 2.05) is 11.4 Å².